The maximum Gasteiger partial charge on any atom is 3.00 e. The minimum atomic E-state index is 0. The molecule has 107 valence electrons. The smallest absolute Gasteiger partial charge is 1.00 e. The van der Waals surface area contributed by atoms with E-state index in [1.807, 2.05) is 0 Å². The molecule has 0 nitrogen and oxygen atoms in total. The summed E-state index contributed by atoms with van der Waals surface area (Å²) < 4.78 is 0. The average Bonchev–Trinajstić information content (AvgIpc) is 2.90. The maximum absolute atomic E-state index is 2.39. The molecule has 3 rings (SSSR count). The van der Waals surface area contributed by atoms with Crippen LogP contribution in [0.5, 0.6) is 0 Å². The Morgan fingerprint density at radius 2 is 1.14 bits per heavy atom. The zero-order valence-electron chi connectivity index (χ0n) is 11.2. The van der Waals surface area contributed by atoms with Crippen LogP contribution in [0.2, 0.25) is 0 Å². The van der Waals surface area contributed by atoms with Crippen molar-refractivity contribution in [2.45, 2.75) is 0 Å². The summed E-state index contributed by atoms with van der Waals surface area (Å²) in [6.45, 7) is 0. The summed E-state index contributed by atoms with van der Waals surface area (Å²) in [4.78, 5) is 0. The van der Waals surface area contributed by atoms with Crippen LogP contribution in [0.3, 0.4) is 0 Å². The van der Waals surface area contributed by atoms with Crippen molar-refractivity contribution in [3.05, 3.63) is 71.8 Å². The van der Waals surface area contributed by atoms with E-state index in [1.165, 1.54) is 28.4 Å². The van der Waals surface area contributed by atoms with Crippen LogP contribution in [0.15, 0.2) is 60.7 Å². The number of benzene rings is 2. The topological polar surface area (TPSA) is 0 Å². The molecule has 2 aromatic rings. The van der Waals surface area contributed by atoms with Crippen molar-refractivity contribution in [1.29, 1.82) is 0 Å². The Bertz CT molecular complexity index is 583. The molecule has 0 saturated carbocycles. The summed E-state index contributed by atoms with van der Waals surface area (Å²) in [5.74, 6) is 2.39. The molecule has 0 amide bonds. The number of hydrogen-bond acceptors (Lipinski definition) is 0. The van der Waals surface area contributed by atoms with Gasteiger partial charge in [-0.2, -0.15) is 0 Å². The van der Waals surface area contributed by atoms with E-state index < -0.39 is 0 Å². The third kappa shape index (κ3) is 5.66. The Hall–Kier alpha value is 0.103. The molecule has 2 aromatic carbocycles. The molecular formula is C16H14Cl3PZr+. The third-order valence-corrected chi connectivity index (χ3v) is 4.11. The number of rotatable bonds is 2. The summed E-state index contributed by atoms with van der Waals surface area (Å²) >= 11 is 0. The Morgan fingerprint density at radius 3 is 1.67 bits per heavy atom. The summed E-state index contributed by atoms with van der Waals surface area (Å²) in [6, 6.07) is 21.4. The van der Waals surface area contributed by atoms with Crippen LogP contribution >= 0.6 is 8.20 Å². The van der Waals surface area contributed by atoms with Crippen LogP contribution in [-0.2, 0) is 26.2 Å². The van der Waals surface area contributed by atoms with E-state index in [-0.39, 0.29) is 63.4 Å². The largest absolute Gasteiger partial charge is 3.00 e. The summed E-state index contributed by atoms with van der Waals surface area (Å²) in [5.41, 5.74) is 5.63. The molecule has 1 unspecified atom stereocenters. The minimum Gasteiger partial charge on any atom is -1.00 e. The van der Waals surface area contributed by atoms with Crippen molar-refractivity contribution in [1.82, 2.24) is 0 Å². The zero-order valence-corrected chi connectivity index (χ0v) is 16.9. The van der Waals surface area contributed by atoms with Gasteiger partial charge < -0.3 is 37.2 Å². The first kappa shape index (κ1) is 23.4. The van der Waals surface area contributed by atoms with E-state index in [0.29, 0.717) is 0 Å². The van der Waals surface area contributed by atoms with Gasteiger partial charge in [-0.1, -0.05) is 60.7 Å². The van der Waals surface area contributed by atoms with Crippen molar-refractivity contribution in [3.63, 3.8) is 0 Å². The van der Waals surface area contributed by atoms with Crippen LogP contribution in [0, 0.1) is 0 Å². The molecule has 0 spiro atoms. The molecule has 0 saturated heterocycles. The molecule has 0 aliphatic carbocycles. The van der Waals surface area contributed by atoms with Crippen LogP contribution in [0.1, 0.15) is 11.1 Å². The van der Waals surface area contributed by atoms with Crippen LogP contribution in [0.4, 0.5) is 0 Å². The van der Waals surface area contributed by atoms with Crippen LogP contribution in [0.25, 0.3) is 11.1 Å². The van der Waals surface area contributed by atoms with Crippen molar-refractivity contribution in [3.8, 4) is 0 Å². The van der Waals surface area contributed by atoms with E-state index in [4.69, 9.17) is 0 Å². The molecule has 0 fully saturated rings. The Morgan fingerprint density at radius 1 is 0.667 bits per heavy atom. The monoisotopic (exact) mass is 432 g/mol. The Labute approximate surface area is 165 Å². The third-order valence-electron chi connectivity index (χ3n) is 3.06. The second-order valence-electron chi connectivity index (χ2n) is 4.15. The van der Waals surface area contributed by atoms with Crippen molar-refractivity contribution in [2.75, 3.05) is 6.16 Å². The Kier molecular flexibility index (Phi) is 13.0. The molecule has 1 atom stereocenters. The fourth-order valence-corrected chi connectivity index (χ4v) is 3.46. The van der Waals surface area contributed by atoms with Crippen LogP contribution in [-0.4, -0.2) is 12.0 Å². The van der Waals surface area contributed by atoms with Gasteiger partial charge in [0.2, 0.25) is 0 Å². The van der Waals surface area contributed by atoms with Gasteiger partial charge in [-0.15, -0.1) is 0 Å². The molecule has 1 radical (unpaired) electrons. The van der Waals surface area contributed by atoms with Gasteiger partial charge >= 0.3 is 26.2 Å². The molecule has 0 bridgehead atoms. The minimum absolute atomic E-state index is 0. The van der Waals surface area contributed by atoms with Crippen molar-refractivity contribution in [2.24, 2.45) is 0 Å². The van der Waals surface area contributed by atoms with Gasteiger partial charge in [0.25, 0.3) is 0 Å². The summed E-state index contributed by atoms with van der Waals surface area (Å²) in [6.07, 6.45) is 1.19. The van der Waals surface area contributed by atoms with Gasteiger partial charge in [0.05, 0.1) is 8.20 Å². The van der Waals surface area contributed by atoms with Gasteiger partial charge in [-0.05, 0) is 11.1 Å². The van der Waals surface area contributed by atoms with Gasteiger partial charge in [0, 0.05) is 11.1 Å². The number of hydrogen-bond donors (Lipinski definition) is 0. The first-order chi connectivity index (χ1) is 8.45. The fraction of sp³-hybridized carbons (Fsp3) is 0.0625. The first-order valence-electron chi connectivity index (χ1n) is 5.86. The van der Waals surface area contributed by atoms with E-state index in [0.717, 1.165) is 8.20 Å². The van der Waals surface area contributed by atoms with Gasteiger partial charge in [-0.25, -0.2) is 0 Å². The molecule has 0 N–H and O–H groups in total. The quantitative estimate of drug-likeness (QED) is 0.416. The second kappa shape index (κ2) is 11.6. The molecule has 5 heteroatoms. The van der Waals surface area contributed by atoms with Gasteiger partial charge in [0.1, 0.15) is 12.0 Å². The SMILES string of the molecule is C1=[PH+]CC(c2ccccc2)=C1c1ccccc1.[Cl-].[Cl-].[Cl-].[Zr+3]. The van der Waals surface area contributed by atoms with Crippen LogP contribution < -0.4 is 37.2 Å². The van der Waals surface area contributed by atoms with E-state index in [1.54, 1.807) is 0 Å². The van der Waals surface area contributed by atoms with E-state index in [2.05, 4.69) is 66.5 Å². The molecule has 0 aromatic heterocycles. The predicted molar refractivity (Wildman–Crippen MR) is 78.9 cm³/mol. The molecule has 21 heavy (non-hydrogen) atoms. The second-order valence-corrected chi connectivity index (χ2v) is 5.20. The Balaban J connectivity index is 0. The molecule has 1 aliphatic rings. The maximum atomic E-state index is 2.39. The normalized spacial score (nSPS) is 12.4. The molecule has 1 aliphatic heterocycles. The standard InChI is InChI=1S/C16H13P.3ClH.Zr/c1-3-7-13(8-4-1)15-11-17-12-16(15)14-9-5-2-6-10-14;;;;/h1-11H,12H2;3*1H;/q;;;;+3/p-2. The first-order valence-corrected chi connectivity index (χ1v) is 7.14. The van der Waals surface area contributed by atoms with E-state index in [9.17, 15) is 0 Å². The van der Waals surface area contributed by atoms with Crippen molar-refractivity contribution >= 4 is 25.1 Å². The fourth-order valence-electron chi connectivity index (χ4n) is 2.21. The van der Waals surface area contributed by atoms with Gasteiger partial charge in [-0.3, -0.25) is 0 Å². The number of halogens is 3. The average molecular weight is 435 g/mol. The summed E-state index contributed by atoms with van der Waals surface area (Å²) in [5, 5.41) is 0. The molecular weight excluding hydrogens is 421 g/mol. The number of allylic oxidation sites excluding steroid dienone is 2. The van der Waals surface area contributed by atoms with Gasteiger partial charge in [0.15, 0.2) is 0 Å². The zero-order chi connectivity index (χ0) is 11.5. The van der Waals surface area contributed by atoms with Crippen molar-refractivity contribution < 1.29 is 63.4 Å². The summed E-state index contributed by atoms with van der Waals surface area (Å²) in [7, 11) is 0.921. The van der Waals surface area contributed by atoms with E-state index >= 15 is 0 Å². The molecule has 1 heterocycles. The predicted octanol–water partition coefficient (Wildman–Crippen LogP) is -4.90.